The highest BCUT2D eigenvalue weighted by Gasteiger charge is 2.38. The number of ketones is 1. The van der Waals surface area contributed by atoms with Gasteiger partial charge in [-0.3, -0.25) is 9.69 Å². The average molecular weight is 315 g/mol. The summed E-state index contributed by atoms with van der Waals surface area (Å²) >= 11 is 3.30. The summed E-state index contributed by atoms with van der Waals surface area (Å²) in [5, 5.41) is 7.76. The van der Waals surface area contributed by atoms with E-state index in [0.29, 0.717) is 10.3 Å². The molecule has 1 aliphatic heterocycles. The Morgan fingerprint density at radius 2 is 1.89 bits per heavy atom. The molecule has 0 bridgehead atoms. The summed E-state index contributed by atoms with van der Waals surface area (Å²) in [7, 11) is 1.75. The fraction of sp³-hybridized carbons (Fsp3) is 0.750. The smallest absolute Gasteiger partial charge is 0.203 e. The van der Waals surface area contributed by atoms with Gasteiger partial charge in [-0.1, -0.05) is 11.6 Å². The van der Waals surface area contributed by atoms with Crippen molar-refractivity contribution in [3.63, 3.8) is 0 Å². The number of hydrogen-bond acceptors (Lipinski definition) is 4. The van der Waals surface area contributed by atoms with Crippen molar-refractivity contribution in [3.8, 4) is 0 Å². The summed E-state index contributed by atoms with van der Waals surface area (Å²) in [4.78, 5) is 15.0. The normalized spacial score (nSPS) is 18.0. The summed E-state index contributed by atoms with van der Waals surface area (Å²) in [5.41, 5.74) is 0.0453. The van der Waals surface area contributed by atoms with E-state index < -0.39 is 5.54 Å². The molecule has 1 saturated heterocycles. The molecule has 100 valence electrons. The first kappa shape index (κ1) is 13.7. The number of likely N-dealkylation sites (tertiary alicyclic amines) is 1. The van der Waals surface area contributed by atoms with Gasteiger partial charge >= 0.3 is 0 Å². The number of rotatable bonds is 3. The van der Waals surface area contributed by atoms with E-state index in [2.05, 4.69) is 31.1 Å². The Bertz CT molecular complexity index is 429. The van der Waals surface area contributed by atoms with E-state index >= 15 is 0 Å². The molecule has 0 saturated carbocycles. The maximum atomic E-state index is 12.7. The second-order valence-corrected chi connectivity index (χ2v) is 6.04. The van der Waals surface area contributed by atoms with E-state index in [1.807, 2.05) is 13.8 Å². The van der Waals surface area contributed by atoms with Gasteiger partial charge in [-0.25, -0.2) is 4.68 Å². The maximum Gasteiger partial charge on any atom is 0.203 e. The molecule has 6 heteroatoms. The lowest BCUT2D eigenvalue weighted by atomic mass is 9.92. The van der Waals surface area contributed by atoms with Crippen LogP contribution in [0.2, 0.25) is 0 Å². The lowest BCUT2D eigenvalue weighted by Crippen LogP contribution is -2.52. The number of nitrogens with zero attached hydrogens (tertiary/aromatic N) is 4. The highest BCUT2D eigenvalue weighted by Crippen LogP contribution is 2.26. The molecule has 0 N–H and O–H groups in total. The standard InChI is InChI=1S/C12H19BrN4O/c1-12(2,17-7-5-4-6-8-17)10(18)9-11(13)14-15-16(9)3/h4-8H2,1-3H3. The number of carbonyl (C=O) groups excluding carboxylic acids is 1. The van der Waals surface area contributed by atoms with E-state index in [1.54, 1.807) is 7.05 Å². The number of halogens is 1. The number of aryl methyl sites for hydroxylation is 1. The third-order valence-corrected chi connectivity index (χ3v) is 4.24. The van der Waals surface area contributed by atoms with Crippen molar-refractivity contribution in [1.82, 2.24) is 19.9 Å². The molecule has 18 heavy (non-hydrogen) atoms. The fourth-order valence-electron chi connectivity index (χ4n) is 2.46. The van der Waals surface area contributed by atoms with Gasteiger partial charge in [-0.05, 0) is 55.7 Å². The molecule has 1 aromatic heterocycles. The zero-order valence-corrected chi connectivity index (χ0v) is 12.7. The lowest BCUT2D eigenvalue weighted by molar-refractivity contribution is 0.0568. The van der Waals surface area contributed by atoms with Crippen LogP contribution in [-0.2, 0) is 7.05 Å². The van der Waals surface area contributed by atoms with Crippen LogP contribution in [0.4, 0.5) is 0 Å². The van der Waals surface area contributed by atoms with Gasteiger partial charge in [0.25, 0.3) is 0 Å². The topological polar surface area (TPSA) is 51.0 Å². The average Bonchev–Trinajstić information content (AvgIpc) is 2.69. The van der Waals surface area contributed by atoms with Crippen LogP contribution >= 0.6 is 15.9 Å². The Balaban J connectivity index is 2.26. The molecule has 1 fully saturated rings. The van der Waals surface area contributed by atoms with Gasteiger partial charge in [-0.2, -0.15) is 0 Å². The molecule has 0 aromatic carbocycles. The first-order valence-corrected chi connectivity index (χ1v) is 7.09. The Morgan fingerprint density at radius 3 is 2.39 bits per heavy atom. The Morgan fingerprint density at radius 1 is 1.28 bits per heavy atom. The summed E-state index contributed by atoms with van der Waals surface area (Å²) in [6.07, 6.45) is 3.60. The third-order valence-electron chi connectivity index (χ3n) is 3.70. The summed E-state index contributed by atoms with van der Waals surface area (Å²) in [6, 6.07) is 0. The van der Waals surface area contributed by atoms with Crippen LogP contribution in [0.3, 0.4) is 0 Å². The summed E-state index contributed by atoms with van der Waals surface area (Å²) in [6.45, 7) is 5.95. The van der Waals surface area contributed by atoms with Crippen LogP contribution in [0.5, 0.6) is 0 Å². The SMILES string of the molecule is Cn1nnc(Br)c1C(=O)C(C)(C)N1CCCCC1. The van der Waals surface area contributed by atoms with E-state index in [9.17, 15) is 4.79 Å². The summed E-state index contributed by atoms with van der Waals surface area (Å²) in [5.74, 6) is 0.0729. The van der Waals surface area contributed by atoms with Crippen molar-refractivity contribution in [3.05, 3.63) is 10.3 Å². The van der Waals surface area contributed by atoms with Gasteiger partial charge in [-0.15, -0.1) is 5.10 Å². The monoisotopic (exact) mass is 314 g/mol. The van der Waals surface area contributed by atoms with Crippen LogP contribution < -0.4 is 0 Å². The van der Waals surface area contributed by atoms with Crippen molar-refractivity contribution in [2.24, 2.45) is 7.05 Å². The van der Waals surface area contributed by atoms with Crippen LogP contribution in [-0.4, -0.2) is 44.3 Å². The number of Topliss-reactive ketones (excluding diaryl/α,β-unsaturated/α-hetero) is 1. The minimum absolute atomic E-state index is 0.0729. The molecule has 2 heterocycles. The predicted octanol–water partition coefficient (Wildman–Crippen LogP) is 2.02. The molecular weight excluding hydrogens is 296 g/mol. The minimum atomic E-state index is -0.502. The molecular formula is C12H19BrN4O. The third kappa shape index (κ3) is 2.36. The van der Waals surface area contributed by atoms with Gasteiger partial charge in [0.05, 0.1) is 5.54 Å². The first-order valence-electron chi connectivity index (χ1n) is 6.29. The zero-order chi connectivity index (χ0) is 13.3. The van der Waals surface area contributed by atoms with Crippen molar-refractivity contribution in [1.29, 1.82) is 0 Å². The fourth-order valence-corrected chi connectivity index (χ4v) is 2.97. The Labute approximate surface area is 116 Å². The van der Waals surface area contributed by atoms with E-state index in [-0.39, 0.29) is 5.78 Å². The van der Waals surface area contributed by atoms with Gasteiger partial charge in [0, 0.05) is 7.05 Å². The van der Waals surface area contributed by atoms with Gasteiger partial charge < -0.3 is 0 Å². The second kappa shape index (κ2) is 5.09. The van der Waals surface area contributed by atoms with Crippen LogP contribution in [0.25, 0.3) is 0 Å². The number of piperidine rings is 1. The largest absolute Gasteiger partial charge is 0.291 e. The number of aromatic nitrogens is 3. The van der Waals surface area contributed by atoms with Gasteiger partial charge in [0.2, 0.25) is 5.78 Å². The molecule has 5 nitrogen and oxygen atoms in total. The Kier molecular flexibility index (Phi) is 3.87. The van der Waals surface area contributed by atoms with Crippen molar-refractivity contribution in [2.75, 3.05) is 13.1 Å². The van der Waals surface area contributed by atoms with E-state index in [0.717, 1.165) is 13.1 Å². The molecule has 2 rings (SSSR count). The molecule has 1 aromatic rings. The van der Waals surface area contributed by atoms with Crippen LogP contribution in [0, 0.1) is 0 Å². The molecule has 0 spiro atoms. The second-order valence-electron chi connectivity index (χ2n) is 5.29. The van der Waals surface area contributed by atoms with Gasteiger partial charge in [0.15, 0.2) is 4.60 Å². The summed E-state index contributed by atoms with van der Waals surface area (Å²) < 4.78 is 2.07. The van der Waals surface area contributed by atoms with E-state index in [1.165, 1.54) is 23.9 Å². The molecule has 0 radical (unpaired) electrons. The van der Waals surface area contributed by atoms with Gasteiger partial charge in [0.1, 0.15) is 5.69 Å². The highest BCUT2D eigenvalue weighted by molar-refractivity contribution is 9.10. The molecule has 0 amide bonds. The van der Waals surface area contributed by atoms with Crippen LogP contribution in [0.1, 0.15) is 43.6 Å². The maximum absolute atomic E-state index is 12.7. The van der Waals surface area contributed by atoms with Crippen molar-refractivity contribution >= 4 is 21.7 Å². The van der Waals surface area contributed by atoms with Crippen molar-refractivity contribution < 1.29 is 4.79 Å². The Hall–Kier alpha value is -0.750. The zero-order valence-electron chi connectivity index (χ0n) is 11.1. The predicted molar refractivity (Wildman–Crippen MR) is 72.5 cm³/mol. The first-order chi connectivity index (χ1) is 8.44. The number of hydrogen-bond donors (Lipinski definition) is 0. The number of carbonyl (C=O) groups is 1. The quantitative estimate of drug-likeness (QED) is 0.801. The van der Waals surface area contributed by atoms with Crippen LogP contribution in [0.15, 0.2) is 4.60 Å². The minimum Gasteiger partial charge on any atom is -0.291 e. The lowest BCUT2D eigenvalue weighted by Gasteiger charge is -2.39. The molecule has 0 unspecified atom stereocenters. The van der Waals surface area contributed by atoms with Crippen molar-refractivity contribution in [2.45, 2.75) is 38.6 Å². The highest BCUT2D eigenvalue weighted by atomic mass is 79.9. The molecule has 1 aliphatic rings. The molecule has 0 aliphatic carbocycles. The molecule has 0 atom stereocenters. The van der Waals surface area contributed by atoms with E-state index in [4.69, 9.17) is 0 Å².